The summed E-state index contributed by atoms with van der Waals surface area (Å²) in [5, 5.41) is 12.0. The van der Waals surface area contributed by atoms with E-state index in [4.69, 9.17) is 13.9 Å². The van der Waals surface area contributed by atoms with Crippen LogP contribution in [0.15, 0.2) is 81.4 Å². The minimum absolute atomic E-state index is 0.00480. The lowest BCUT2D eigenvalue weighted by Gasteiger charge is -2.10. The molecule has 158 valence electrons. The quantitative estimate of drug-likeness (QED) is 0.247. The molecule has 7 heteroatoms. The van der Waals surface area contributed by atoms with E-state index in [1.807, 2.05) is 36.4 Å². The molecule has 2 aromatic carbocycles. The molecular weight excluding hydrogens is 460 g/mol. The third kappa shape index (κ3) is 7.05. The van der Waals surface area contributed by atoms with Gasteiger partial charge in [0.25, 0.3) is 5.91 Å². The van der Waals surface area contributed by atoms with Gasteiger partial charge in [-0.2, -0.15) is 5.26 Å². The second kappa shape index (κ2) is 11.6. The first kappa shape index (κ1) is 22.2. The van der Waals surface area contributed by atoms with Crippen LogP contribution in [0.5, 0.6) is 11.5 Å². The van der Waals surface area contributed by atoms with Crippen LogP contribution in [-0.4, -0.2) is 19.1 Å². The highest BCUT2D eigenvalue weighted by atomic mass is 79.9. The van der Waals surface area contributed by atoms with E-state index in [1.165, 1.54) is 12.3 Å². The Morgan fingerprint density at radius 2 is 1.90 bits per heavy atom. The molecule has 31 heavy (non-hydrogen) atoms. The van der Waals surface area contributed by atoms with Gasteiger partial charge in [0.1, 0.15) is 28.9 Å². The Balaban J connectivity index is 1.50. The number of hydrogen-bond acceptors (Lipinski definition) is 5. The number of rotatable bonds is 10. The van der Waals surface area contributed by atoms with Crippen molar-refractivity contribution >= 4 is 27.9 Å². The number of halogens is 1. The Labute approximate surface area is 189 Å². The molecule has 0 atom stereocenters. The summed E-state index contributed by atoms with van der Waals surface area (Å²) in [5.74, 6) is 1.66. The summed E-state index contributed by atoms with van der Waals surface area (Å²) in [7, 11) is 0. The Hall–Kier alpha value is -3.50. The van der Waals surface area contributed by atoms with Crippen molar-refractivity contribution in [1.82, 2.24) is 5.32 Å². The Kier molecular flexibility index (Phi) is 8.32. The van der Waals surface area contributed by atoms with Crippen molar-refractivity contribution in [1.29, 1.82) is 5.26 Å². The van der Waals surface area contributed by atoms with Gasteiger partial charge in [-0.15, -0.1) is 0 Å². The van der Waals surface area contributed by atoms with Gasteiger partial charge >= 0.3 is 0 Å². The first-order valence-electron chi connectivity index (χ1n) is 9.68. The zero-order chi connectivity index (χ0) is 21.9. The van der Waals surface area contributed by atoms with Gasteiger partial charge in [0, 0.05) is 6.42 Å². The normalized spacial score (nSPS) is 10.9. The van der Waals surface area contributed by atoms with Gasteiger partial charge in [-0.3, -0.25) is 4.79 Å². The molecule has 0 fully saturated rings. The topological polar surface area (TPSA) is 84.5 Å². The zero-order valence-electron chi connectivity index (χ0n) is 16.7. The van der Waals surface area contributed by atoms with Crippen LogP contribution in [0.3, 0.4) is 0 Å². The van der Waals surface area contributed by atoms with E-state index in [-0.39, 0.29) is 12.1 Å². The number of furan rings is 1. The second-order valence-corrected chi connectivity index (χ2v) is 7.34. The number of para-hydroxylation sites is 1. The molecule has 0 aliphatic carbocycles. The number of hydrogen-bond donors (Lipinski definition) is 1. The van der Waals surface area contributed by atoms with Gasteiger partial charge in [0.15, 0.2) is 0 Å². The number of nitrogens with zero attached hydrogens (tertiary/aromatic N) is 1. The third-order valence-corrected chi connectivity index (χ3v) is 4.81. The van der Waals surface area contributed by atoms with E-state index < -0.39 is 5.91 Å². The van der Waals surface area contributed by atoms with E-state index in [2.05, 4.69) is 21.2 Å². The molecule has 1 heterocycles. The molecule has 1 amide bonds. The maximum absolute atomic E-state index is 12.2. The van der Waals surface area contributed by atoms with Crippen molar-refractivity contribution in [3.05, 3.63) is 88.3 Å². The monoisotopic (exact) mass is 480 g/mol. The lowest BCUT2D eigenvalue weighted by atomic mass is 10.1. The predicted octanol–water partition coefficient (Wildman–Crippen LogP) is 5.11. The minimum atomic E-state index is -0.464. The summed E-state index contributed by atoms with van der Waals surface area (Å²) in [5.41, 5.74) is 0.710. The molecule has 0 spiro atoms. The molecular formula is C24H21BrN2O4. The number of carbonyl (C=O) groups is 1. The minimum Gasteiger partial charge on any atom is -0.493 e. The fourth-order valence-electron chi connectivity index (χ4n) is 2.66. The third-order valence-electron chi connectivity index (χ3n) is 4.19. The summed E-state index contributed by atoms with van der Waals surface area (Å²) in [6, 6.07) is 20.4. The van der Waals surface area contributed by atoms with Crippen molar-refractivity contribution in [2.75, 3.05) is 13.2 Å². The Bertz CT molecular complexity index is 1060. The standard InChI is InChI=1S/C24H21BrN2O4/c25-22-15-18(14-19(16-26)24(28)27-17-21-8-4-11-30-21)9-10-23(22)31-13-5-12-29-20-6-2-1-3-7-20/h1-4,6-11,14-15H,5,12-13,17H2,(H,27,28)/b19-14+. The van der Waals surface area contributed by atoms with Crippen molar-refractivity contribution in [2.24, 2.45) is 0 Å². The summed E-state index contributed by atoms with van der Waals surface area (Å²) in [6.07, 6.45) is 3.79. The lowest BCUT2D eigenvalue weighted by Crippen LogP contribution is -2.23. The molecule has 6 nitrogen and oxygen atoms in total. The van der Waals surface area contributed by atoms with Gasteiger partial charge in [-0.25, -0.2) is 0 Å². The van der Waals surface area contributed by atoms with Crippen LogP contribution in [0.4, 0.5) is 0 Å². The summed E-state index contributed by atoms with van der Waals surface area (Å²) < 4.78 is 17.3. The number of nitriles is 1. The number of benzene rings is 2. The maximum Gasteiger partial charge on any atom is 0.262 e. The smallest absolute Gasteiger partial charge is 0.262 e. The number of nitrogens with one attached hydrogen (secondary N) is 1. The van der Waals surface area contributed by atoms with Crippen molar-refractivity contribution in [3.8, 4) is 17.6 Å². The average Bonchev–Trinajstić information content (AvgIpc) is 3.31. The average molecular weight is 481 g/mol. The van der Waals surface area contributed by atoms with Crippen molar-refractivity contribution in [2.45, 2.75) is 13.0 Å². The van der Waals surface area contributed by atoms with E-state index in [0.717, 1.165) is 16.6 Å². The van der Waals surface area contributed by atoms with E-state index >= 15 is 0 Å². The Morgan fingerprint density at radius 3 is 2.61 bits per heavy atom. The molecule has 0 unspecified atom stereocenters. The first-order valence-corrected chi connectivity index (χ1v) is 10.5. The SMILES string of the molecule is N#C/C(=C\c1ccc(OCCCOc2ccccc2)c(Br)c1)C(=O)NCc1ccco1. The molecule has 0 radical (unpaired) electrons. The van der Waals surface area contributed by atoms with Gasteiger partial charge in [-0.1, -0.05) is 24.3 Å². The fraction of sp³-hybridized carbons (Fsp3) is 0.167. The van der Waals surface area contributed by atoms with Crippen LogP contribution in [0.1, 0.15) is 17.7 Å². The second-order valence-electron chi connectivity index (χ2n) is 6.49. The molecule has 0 saturated heterocycles. The van der Waals surface area contributed by atoms with Gasteiger partial charge in [-0.05, 0) is 64.0 Å². The molecule has 0 aliphatic rings. The molecule has 3 aromatic rings. The van der Waals surface area contributed by atoms with Crippen molar-refractivity contribution < 1.29 is 18.7 Å². The summed E-state index contributed by atoms with van der Waals surface area (Å²) >= 11 is 3.48. The van der Waals surface area contributed by atoms with Crippen LogP contribution in [0, 0.1) is 11.3 Å². The maximum atomic E-state index is 12.2. The Morgan fingerprint density at radius 1 is 1.10 bits per heavy atom. The molecule has 0 saturated carbocycles. The van der Waals surface area contributed by atoms with Crippen LogP contribution in [-0.2, 0) is 11.3 Å². The first-order chi connectivity index (χ1) is 15.2. The van der Waals surface area contributed by atoms with Crippen LogP contribution >= 0.6 is 15.9 Å². The highest BCUT2D eigenvalue weighted by molar-refractivity contribution is 9.10. The molecule has 1 N–H and O–H groups in total. The van der Waals surface area contributed by atoms with Gasteiger partial charge < -0.3 is 19.2 Å². The van der Waals surface area contributed by atoms with Crippen LogP contribution in [0.25, 0.3) is 6.08 Å². The van der Waals surface area contributed by atoms with Gasteiger partial charge in [0.2, 0.25) is 0 Å². The largest absolute Gasteiger partial charge is 0.493 e. The summed E-state index contributed by atoms with van der Waals surface area (Å²) in [6.45, 7) is 1.27. The lowest BCUT2D eigenvalue weighted by molar-refractivity contribution is -0.117. The van der Waals surface area contributed by atoms with Crippen LogP contribution in [0.2, 0.25) is 0 Å². The summed E-state index contributed by atoms with van der Waals surface area (Å²) in [4.78, 5) is 12.2. The molecule has 0 bridgehead atoms. The highest BCUT2D eigenvalue weighted by Crippen LogP contribution is 2.27. The molecule has 1 aromatic heterocycles. The van der Waals surface area contributed by atoms with Gasteiger partial charge in [0.05, 0.1) is 30.5 Å². The number of amides is 1. The zero-order valence-corrected chi connectivity index (χ0v) is 18.3. The molecule has 3 rings (SSSR count). The van der Waals surface area contributed by atoms with Crippen LogP contribution < -0.4 is 14.8 Å². The predicted molar refractivity (Wildman–Crippen MR) is 120 cm³/mol. The van der Waals surface area contributed by atoms with Crippen molar-refractivity contribution in [3.63, 3.8) is 0 Å². The van der Waals surface area contributed by atoms with E-state index in [9.17, 15) is 10.1 Å². The number of ether oxygens (including phenoxy) is 2. The van der Waals surface area contributed by atoms with E-state index in [1.54, 1.807) is 30.3 Å². The molecule has 0 aliphatic heterocycles. The fourth-order valence-corrected chi connectivity index (χ4v) is 3.17. The number of carbonyl (C=O) groups excluding carboxylic acids is 1. The van der Waals surface area contributed by atoms with E-state index in [0.29, 0.717) is 30.3 Å². The highest BCUT2D eigenvalue weighted by Gasteiger charge is 2.10.